The monoisotopic (exact) mass is 285 g/mol. The third-order valence-corrected chi connectivity index (χ3v) is 2.52. The summed E-state index contributed by atoms with van der Waals surface area (Å²) in [4.78, 5) is 18.8. The molecular formula is C12H12KN3O3. The number of rotatable bonds is 4. The molecule has 0 aliphatic rings. The minimum atomic E-state index is -1.12. The number of carboxylic acids is 1. The van der Waals surface area contributed by atoms with E-state index >= 15 is 0 Å². The van der Waals surface area contributed by atoms with E-state index in [0.717, 1.165) is 5.39 Å². The smallest absolute Gasteiger partial charge is 0.862 e. The molecule has 94 valence electrons. The predicted octanol–water partition coefficient (Wildman–Crippen LogP) is -2.73. The average Bonchev–Trinajstić information content (AvgIpc) is 2.71. The van der Waals surface area contributed by atoms with Crippen LogP contribution in [0.3, 0.4) is 0 Å². The zero-order valence-corrected chi connectivity index (χ0v) is 13.9. The largest absolute Gasteiger partial charge is 1.00 e. The fraction of sp³-hybridized carbons (Fsp3) is 0.250. The first-order chi connectivity index (χ1) is 8.58. The Hall–Kier alpha value is -0.734. The Morgan fingerprint density at radius 1 is 1.58 bits per heavy atom. The molecule has 0 fully saturated rings. The van der Waals surface area contributed by atoms with Gasteiger partial charge >= 0.3 is 57.4 Å². The summed E-state index contributed by atoms with van der Waals surface area (Å²) in [6.45, 7) is 1.33. The van der Waals surface area contributed by atoms with E-state index in [1.54, 1.807) is 23.0 Å². The number of carbonyl (C=O) groups is 1. The molecule has 0 saturated carbocycles. The van der Waals surface area contributed by atoms with Crippen LogP contribution in [0.2, 0.25) is 0 Å². The van der Waals surface area contributed by atoms with E-state index in [9.17, 15) is 9.90 Å². The minimum absolute atomic E-state index is 0. The maximum absolute atomic E-state index is 11.0. The Labute approximate surface area is 152 Å². The van der Waals surface area contributed by atoms with Crippen molar-refractivity contribution in [1.29, 1.82) is 0 Å². The van der Waals surface area contributed by atoms with Gasteiger partial charge in [0.2, 0.25) is 0 Å². The number of aromatic nitrogens is 2. The second-order valence-electron chi connectivity index (χ2n) is 3.89. The average molecular weight is 285 g/mol. The number of fused-ring (bicyclic) bond motifs is 1. The van der Waals surface area contributed by atoms with Crippen LogP contribution in [0.1, 0.15) is 6.92 Å². The van der Waals surface area contributed by atoms with Crippen LogP contribution >= 0.6 is 0 Å². The third kappa shape index (κ3) is 4.12. The molecule has 0 saturated heterocycles. The number of aliphatic carboxylic acids is 1. The number of nitrogens with zero attached hydrogens (tertiary/aromatic N) is 3. The first-order valence-electron chi connectivity index (χ1n) is 5.42. The van der Waals surface area contributed by atoms with Gasteiger partial charge in [-0.1, -0.05) is 0 Å². The van der Waals surface area contributed by atoms with E-state index in [1.807, 2.05) is 12.1 Å². The summed E-state index contributed by atoms with van der Waals surface area (Å²) in [6.07, 6.45) is 3.37. The van der Waals surface area contributed by atoms with E-state index in [-0.39, 0.29) is 57.9 Å². The number of hydrogen-bond acceptors (Lipinski definition) is 4. The molecule has 0 aliphatic heterocycles. The van der Waals surface area contributed by atoms with Crippen molar-refractivity contribution in [1.82, 2.24) is 9.55 Å². The van der Waals surface area contributed by atoms with Gasteiger partial charge in [-0.05, 0) is 31.0 Å². The minimum Gasteiger partial charge on any atom is -0.862 e. The Kier molecular flexibility index (Phi) is 6.15. The van der Waals surface area contributed by atoms with Crippen molar-refractivity contribution in [2.24, 2.45) is 4.99 Å². The van der Waals surface area contributed by atoms with Crippen LogP contribution in [-0.4, -0.2) is 32.6 Å². The molecule has 0 radical (unpaired) electrons. The first kappa shape index (κ1) is 16.3. The molecule has 1 N–H and O–H groups in total. The summed E-state index contributed by atoms with van der Waals surface area (Å²) in [5.74, 6) is -1.62. The van der Waals surface area contributed by atoms with Gasteiger partial charge < -0.3 is 14.8 Å². The van der Waals surface area contributed by atoms with Gasteiger partial charge in [-0.2, -0.15) is 0 Å². The van der Waals surface area contributed by atoms with Crippen LogP contribution in [0.15, 0.2) is 35.6 Å². The second-order valence-corrected chi connectivity index (χ2v) is 3.89. The molecular weight excluding hydrogens is 273 g/mol. The molecule has 0 unspecified atom stereocenters. The molecule has 0 spiro atoms. The Morgan fingerprint density at radius 3 is 2.95 bits per heavy atom. The molecule has 2 rings (SSSR count). The van der Waals surface area contributed by atoms with Gasteiger partial charge in [-0.25, -0.2) is 9.78 Å². The Bertz CT molecular complexity index is 605. The number of carboxylic acid groups (broad SMARTS) is 1. The van der Waals surface area contributed by atoms with Crippen molar-refractivity contribution in [3.63, 3.8) is 0 Å². The topological polar surface area (TPSA) is 90.5 Å². The SMILES string of the molecule is CC([O-])=N[C@H](Cn1ccc2cccnc21)C(=O)O.[K+]. The molecule has 2 aromatic heterocycles. The molecule has 0 amide bonds. The summed E-state index contributed by atoms with van der Waals surface area (Å²) >= 11 is 0. The quantitative estimate of drug-likeness (QED) is 0.375. The third-order valence-electron chi connectivity index (χ3n) is 2.52. The number of pyridine rings is 1. The van der Waals surface area contributed by atoms with Crippen molar-refractivity contribution < 1.29 is 66.4 Å². The van der Waals surface area contributed by atoms with Crippen LogP contribution in [-0.2, 0) is 11.3 Å². The van der Waals surface area contributed by atoms with Crippen LogP contribution in [0.25, 0.3) is 11.0 Å². The Morgan fingerprint density at radius 2 is 2.32 bits per heavy atom. The van der Waals surface area contributed by atoms with Crippen LogP contribution in [0.5, 0.6) is 0 Å². The maximum Gasteiger partial charge on any atom is 1.00 e. The first-order valence-corrected chi connectivity index (χ1v) is 5.42. The molecule has 2 heterocycles. The normalized spacial score (nSPS) is 13.0. The zero-order chi connectivity index (χ0) is 13.1. The van der Waals surface area contributed by atoms with E-state index in [2.05, 4.69) is 9.98 Å². The van der Waals surface area contributed by atoms with Crippen LogP contribution in [0.4, 0.5) is 0 Å². The second kappa shape index (κ2) is 7.16. The van der Waals surface area contributed by atoms with Gasteiger partial charge in [0.25, 0.3) is 0 Å². The number of aliphatic imine (C=N–C) groups is 1. The molecule has 0 bridgehead atoms. The van der Waals surface area contributed by atoms with Crippen molar-refractivity contribution in [3.05, 3.63) is 30.6 Å². The van der Waals surface area contributed by atoms with E-state index in [0.29, 0.717) is 5.65 Å². The maximum atomic E-state index is 11.0. The molecule has 0 aliphatic carbocycles. The fourth-order valence-electron chi connectivity index (χ4n) is 1.75. The summed E-state index contributed by atoms with van der Waals surface area (Å²) in [6, 6.07) is 4.45. The van der Waals surface area contributed by atoms with Gasteiger partial charge in [0, 0.05) is 17.8 Å². The summed E-state index contributed by atoms with van der Waals surface area (Å²) in [5, 5.41) is 20.8. The summed E-state index contributed by atoms with van der Waals surface area (Å²) < 4.78 is 1.68. The zero-order valence-electron chi connectivity index (χ0n) is 10.8. The molecule has 0 aromatic carbocycles. The van der Waals surface area contributed by atoms with E-state index in [4.69, 9.17) is 5.11 Å². The van der Waals surface area contributed by atoms with Crippen molar-refractivity contribution in [3.8, 4) is 0 Å². The van der Waals surface area contributed by atoms with E-state index in [1.165, 1.54) is 6.92 Å². The summed E-state index contributed by atoms with van der Waals surface area (Å²) in [5.41, 5.74) is 0.683. The van der Waals surface area contributed by atoms with Gasteiger partial charge in [-0.15, -0.1) is 0 Å². The van der Waals surface area contributed by atoms with Gasteiger partial charge in [0.1, 0.15) is 5.65 Å². The fourth-order valence-corrected chi connectivity index (χ4v) is 1.75. The van der Waals surface area contributed by atoms with Crippen molar-refractivity contribution >= 4 is 22.9 Å². The van der Waals surface area contributed by atoms with Gasteiger partial charge in [-0.3, -0.25) is 4.99 Å². The molecule has 19 heavy (non-hydrogen) atoms. The van der Waals surface area contributed by atoms with Gasteiger partial charge in [0.05, 0.1) is 6.54 Å². The van der Waals surface area contributed by atoms with Crippen LogP contribution < -0.4 is 56.5 Å². The summed E-state index contributed by atoms with van der Waals surface area (Å²) in [7, 11) is 0. The molecule has 7 heteroatoms. The standard InChI is InChI=1S/C12H13N3O3.K/c1-8(16)14-10(12(17)18)7-15-6-4-9-3-2-5-13-11(9)15;/h2-6,10H,7H2,1H3,(H,14,16)(H,17,18);/q;+1/p-1/t10-;/m1./s1. The molecule has 2 aromatic rings. The van der Waals surface area contributed by atoms with Crippen LogP contribution in [0, 0.1) is 0 Å². The van der Waals surface area contributed by atoms with Gasteiger partial charge in [0.15, 0.2) is 6.04 Å². The van der Waals surface area contributed by atoms with E-state index < -0.39 is 17.9 Å². The molecule has 1 atom stereocenters. The van der Waals surface area contributed by atoms with Crippen molar-refractivity contribution in [2.75, 3.05) is 0 Å². The molecule has 6 nitrogen and oxygen atoms in total. The Balaban J connectivity index is 0.00000180. The number of hydrogen-bond donors (Lipinski definition) is 1. The predicted molar refractivity (Wildman–Crippen MR) is 64.3 cm³/mol. The van der Waals surface area contributed by atoms with Crippen molar-refractivity contribution in [2.45, 2.75) is 19.5 Å².